The summed E-state index contributed by atoms with van der Waals surface area (Å²) in [6.45, 7) is 3.08. The van der Waals surface area contributed by atoms with E-state index in [9.17, 15) is 0 Å². The van der Waals surface area contributed by atoms with Crippen molar-refractivity contribution in [3.63, 3.8) is 0 Å². The lowest BCUT2D eigenvalue weighted by molar-refractivity contribution is 1.02. The maximum absolute atomic E-state index is 3.42. The van der Waals surface area contributed by atoms with Gasteiger partial charge in [-0.15, -0.1) is 0 Å². The van der Waals surface area contributed by atoms with Crippen LogP contribution in [-0.4, -0.2) is 6.54 Å². The molecule has 0 fully saturated rings. The van der Waals surface area contributed by atoms with Crippen LogP contribution in [0.5, 0.6) is 0 Å². The fourth-order valence-electron chi connectivity index (χ4n) is 1.67. The van der Waals surface area contributed by atoms with Crippen molar-refractivity contribution in [1.29, 1.82) is 0 Å². The molecule has 82 valence electrons. The minimum absolute atomic E-state index is 0.979. The summed E-state index contributed by atoms with van der Waals surface area (Å²) in [5, 5.41) is 3.42. The molecule has 1 N–H and O–H groups in total. The smallest absolute Gasteiger partial charge is 0.0340 e. The third kappa shape index (κ3) is 3.13. The van der Waals surface area contributed by atoms with Gasteiger partial charge in [0.15, 0.2) is 0 Å². The lowest BCUT2D eigenvalue weighted by atomic mass is 10.1. The molecule has 16 heavy (non-hydrogen) atoms. The minimum atomic E-state index is 0.979. The Hall–Kier alpha value is -1.76. The van der Waals surface area contributed by atoms with Crippen LogP contribution in [-0.2, 0) is 6.42 Å². The van der Waals surface area contributed by atoms with Crippen molar-refractivity contribution in [2.24, 2.45) is 0 Å². The summed E-state index contributed by atoms with van der Waals surface area (Å²) in [4.78, 5) is 0. The molecule has 0 aliphatic carbocycles. The van der Waals surface area contributed by atoms with Gasteiger partial charge in [-0.05, 0) is 31.0 Å². The average Bonchev–Trinajstić information content (AvgIpc) is 2.33. The van der Waals surface area contributed by atoms with Gasteiger partial charge in [0.05, 0.1) is 0 Å². The van der Waals surface area contributed by atoms with Crippen molar-refractivity contribution >= 4 is 5.69 Å². The van der Waals surface area contributed by atoms with Crippen molar-refractivity contribution < 1.29 is 0 Å². The molecule has 0 amide bonds. The molecule has 0 radical (unpaired) electrons. The van der Waals surface area contributed by atoms with Crippen molar-refractivity contribution in [2.75, 3.05) is 11.9 Å². The zero-order valence-corrected chi connectivity index (χ0v) is 9.61. The molecule has 1 nitrogen and oxygen atoms in total. The maximum atomic E-state index is 3.42. The fourth-order valence-corrected chi connectivity index (χ4v) is 1.67. The van der Waals surface area contributed by atoms with Crippen LogP contribution in [0.1, 0.15) is 11.1 Å². The maximum Gasteiger partial charge on any atom is 0.0340 e. The molecule has 0 spiro atoms. The Labute approximate surface area is 97.1 Å². The molecule has 0 saturated carbocycles. The molecule has 1 heteroatoms. The van der Waals surface area contributed by atoms with Gasteiger partial charge in [0.2, 0.25) is 0 Å². The highest BCUT2D eigenvalue weighted by molar-refractivity contribution is 5.44. The zero-order valence-electron chi connectivity index (χ0n) is 9.61. The second kappa shape index (κ2) is 5.36. The lowest BCUT2D eigenvalue weighted by Crippen LogP contribution is -2.04. The Kier molecular flexibility index (Phi) is 3.60. The van der Waals surface area contributed by atoms with E-state index in [1.807, 2.05) is 0 Å². The summed E-state index contributed by atoms with van der Waals surface area (Å²) in [6.07, 6.45) is 1.06. The summed E-state index contributed by atoms with van der Waals surface area (Å²) in [6, 6.07) is 19.1. The van der Waals surface area contributed by atoms with Crippen LogP contribution in [0.15, 0.2) is 54.6 Å². The minimum Gasteiger partial charge on any atom is -0.385 e. The topological polar surface area (TPSA) is 12.0 Å². The van der Waals surface area contributed by atoms with Gasteiger partial charge in [0.25, 0.3) is 0 Å². The molecular weight excluding hydrogens is 194 g/mol. The van der Waals surface area contributed by atoms with Crippen molar-refractivity contribution in [1.82, 2.24) is 0 Å². The fraction of sp³-hybridized carbons (Fsp3) is 0.200. The molecule has 0 unspecified atom stereocenters. The third-order valence-corrected chi connectivity index (χ3v) is 2.64. The molecule has 0 heterocycles. The van der Waals surface area contributed by atoms with E-state index >= 15 is 0 Å². The first kappa shape index (κ1) is 10.7. The van der Waals surface area contributed by atoms with Crippen molar-refractivity contribution in [3.8, 4) is 0 Å². The van der Waals surface area contributed by atoms with Gasteiger partial charge in [-0.25, -0.2) is 0 Å². The molecule has 2 rings (SSSR count). The van der Waals surface area contributed by atoms with Crippen LogP contribution in [0.3, 0.4) is 0 Å². The molecular formula is C15H17N. The Morgan fingerprint density at radius 2 is 1.56 bits per heavy atom. The predicted molar refractivity (Wildman–Crippen MR) is 69.8 cm³/mol. The Morgan fingerprint density at radius 3 is 2.25 bits per heavy atom. The van der Waals surface area contributed by atoms with Crippen molar-refractivity contribution in [3.05, 3.63) is 65.7 Å². The van der Waals surface area contributed by atoms with E-state index in [0.717, 1.165) is 13.0 Å². The van der Waals surface area contributed by atoms with E-state index in [-0.39, 0.29) is 0 Å². The van der Waals surface area contributed by atoms with Gasteiger partial charge >= 0.3 is 0 Å². The van der Waals surface area contributed by atoms with Gasteiger partial charge in [0, 0.05) is 12.2 Å². The highest BCUT2D eigenvalue weighted by Crippen LogP contribution is 2.08. The Balaban J connectivity index is 1.82. The van der Waals surface area contributed by atoms with Crippen LogP contribution in [0.4, 0.5) is 5.69 Å². The highest BCUT2D eigenvalue weighted by Gasteiger charge is 1.93. The van der Waals surface area contributed by atoms with Crippen LogP contribution in [0, 0.1) is 6.92 Å². The number of anilines is 1. The quantitative estimate of drug-likeness (QED) is 0.814. The molecule has 0 atom stereocenters. The first-order chi connectivity index (χ1) is 7.84. The Bertz CT molecular complexity index is 417. The van der Waals surface area contributed by atoms with Gasteiger partial charge in [-0.3, -0.25) is 0 Å². The average molecular weight is 211 g/mol. The molecule has 0 saturated heterocycles. The molecule has 2 aromatic carbocycles. The van der Waals surface area contributed by atoms with Crippen LogP contribution in [0.2, 0.25) is 0 Å². The summed E-state index contributed by atoms with van der Waals surface area (Å²) >= 11 is 0. The van der Waals surface area contributed by atoms with E-state index in [1.54, 1.807) is 0 Å². The van der Waals surface area contributed by atoms with Crippen LogP contribution < -0.4 is 5.32 Å². The molecule has 0 bridgehead atoms. The SMILES string of the molecule is Cc1ccc(NCCc2ccccc2)cc1. The zero-order chi connectivity index (χ0) is 11.2. The number of benzene rings is 2. The van der Waals surface area contributed by atoms with E-state index < -0.39 is 0 Å². The monoisotopic (exact) mass is 211 g/mol. The summed E-state index contributed by atoms with van der Waals surface area (Å²) in [5.74, 6) is 0. The first-order valence-electron chi connectivity index (χ1n) is 5.69. The summed E-state index contributed by atoms with van der Waals surface area (Å²) in [5.41, 5.74) is 3.87. The van der Waals surface area contributed by atoms with E-state index in [4.69, 9.17) is 0 Å². The highest BCUT2D eigenvalue weighted by atomic mass is 14.9. The van der Waals surface area contributed by atoms with E-state index in [2.05, 4.69) is 66.8 Å². The Morgan fingerprint density at radius 1 is 0.875 bits per heavy atom. The second-order valence-corrected chi connectivity index (χ2v) is 4.03. The number of hydrogen-bond acceptors (Lipinski definition) is 1. The number of hydrogen-bond donors (Lipinski definition) is 1. The van der Waals surface area contributed by atoms with Gasteiger partial charge in [0.1, 0.15) is 0 Å². The molecule has 0 aromatic heterocycles. The predicted octanol–water partition coefficient (Wildman–Crippen LogP) is 3.65. The summed E-state index contributed by atoms with van der Waals surface area (Å²) in [7, 11) is 0. The van der Waals surface area contributed by atoms with Crippen molar-refractivity contribution in [2.45, 2.75) is 13.3 Å². The largest absolute Gasteiger partial charge is 0.385 e. The number of nitrogens with one attached hydrogen (secondary N) is 1. The molecule has 0 aliphatic heterocycles. The number of rotatable bonds is 4. The first-order valence-corrected chi connectivity index (χ1v) is 5.69. The van der Waals surface area contributed by atoms with Gasteiger partial charge in [-0.2, -0.15) is 0 Å². The van der Waals surface area contributed by atoms with E-state index in [0.29, 0.717) is 0 Å². The lowest BCUT2D eigenvalue weighted by Gasteiger charge is -2.06. The second-order valence-electron chi connectivity index (χ2n) is 4.03. The molecule has 0 aliphatic rings. The van der Waals surface area contributed by atoms with Crippen LogP contribution >= 0.6 is 0 Å². The van der Waals surface area contributed by atoms with Gasteiger partial charge in [-0.1, -0.05) is 48.0 Å². The normalized spacial score (nSPS) is 10.1. The van der Waals surface area contributed by atoms with Crippen LogP contribution in [0.25, 0.3) is 0 Å². The summed E-state index contributed by atoms with van der Waals surface area (Å²) < 4.78 is 0. The third-order valence-electron chi connectivity index (χ3n) is 2.64. The molecule has 2 aromatic rings. The standard InChI is InChI=1S/C15H17N/c1-13-7-9-15(10-8-13)16-12-11-14-5-3-2-4-6-14/h2-10,16H,11-12H2,1H3. The van der Waals surface area contributed by atoms with Gasteiger partial charge < -0.3 is 5.32 Å². The number of aryl methyl sites for hydroxylation is 1. The van der Waals surface area contributed by atoms with E-state index in [1.165, 1.54) is 16.8 Å².